The second kappa shape index (κ2) is 16.4. The molecule has 0 aliphatic heterocycles. The fourth-order valence-corrected chi connectivity index (χ4v) is 2.68. The third-order valence-electron chi connectivity index (χ3n) is 4.25. The minimum Gasteiger partial charge on any atom is -0.466 e. The average molecular weight is 357 g/mol. The van der Waals surface area contributed by atoms with Crippen molar-refractivity contribution in [3.63, 3.8) is 0 Å². The fourth-order valence-electron chi connectivity index (χ4n) is 2.68. The first kappa shape index (κ1) is 23.9. The monoisotopic (exact) mass is 356 g/mol. The summed E-state index contributed by atoms with van der Waals surface area (Å²) in [7, 11) is 0. The van der Waals surface area contributed by atoms with E-state index in [9.17, 15) is 9.59 Å². The lowest BCUT2D eigenvalue weighted by Gasteiger charge is -2.13. The topological polar surface area (TPSA) is 52.6 Å². The largest absolute Gasteiger partial charge is 0.466 e. The second-order valence-electron chi connectivity index (χ2n) is 7.47. The average Bonchev–Trinajstić information content (AvgIpc) is 2.54. The van der Waals surface area contributed by atoms with E-state index in [1.54, 1.807) is 0 Å². The quantitative estimate of drug-likeness (QED) is 0.258. The van der Waals surface area contributed by atoms with Crippen LogP contribution in [-0.2, 0) is 19.1 Å². The highest BCUT2D eigenvalue weighted by atomic mass is 16.5. The molecule has 1 atom stereocenters. The highest BCUT2D eigenvalue weighted by Crippen LogP contribution is 2.11. The molecule has 0 heterocycles. The van der Waals surface area contributed by atoms with Gasteiger partial charge in [-0.1, -0.05) is 52.9 Å². The number of carbonyl (C=O) groups excluding carboxylic acids is 2. The number of unbranched alkanes of at least 4 members (excludes halogenated alkanes) is 5. The van der Waals surface area contributed by atoms with Crippen LogP contribution in [0.2, 0.25) is 0 Å². The molecule has 0 aliphatic carbocycles. The normalized spacial score (nSPS) is 12.2. The first-order chi connectivity index (χ1) is 12.0. The Kier molecular flexibility index (Phi) is 15.7. The van der Waals surface area contributed by atoms with Crippen LogP contribution < -0.4 is 0 Å². The van der Waals surface area contributed by atoms with Crippen LogP contribution >= 0.6 is 0 Å². The first-order valence-electron chi connectivity index (χ1n) is 10.3. The molecule has 0 amide bonds. The van der Waals surface area contributed by atoms with Gasteiger partial charge in [-0.15, -0.1) is 0 Å². The molecule has 4 heteroatoms. The van der Waals surface area contributed by atoms with E-state index in [4.69, 9.17) is 9.47 Å². The van der Waals surface area contributed by atoms with Crippen LogP contribution in [0, 0.1) is 5.92 Å². The van der Waals surface area contributed by atoms with Crippen molar-refractivity contribution in [3.05, 3.63) is 0 Å². The Bertz CT molecular complexity index is 339. The summed E-state index contributed by atoms with van der Waals surface area (Å²) < 4.78 is 10.6. The maximum atomic E-state index is 11.8. The summed E-state index contributed by atoms with van der Waals surface area (Å²) in [6.07, 6.45) is 11.4. The first-order valence-corrected chi connectivity index (χ1v) is 10.3. The molecule has 25 heavy (non-hydrogen) atoms. The van der Waals surface area contributed by atoms with E-state index in [0.717, 1.165) is 25.7 Å². The van der Waals surface area contributed by atoms with Crippen LogP contribution in [0.4, 0.5) is 0 Å². The zero-order valence-electron chi connectivity index (χ0n) is 17.0. The summed E-state index contributed by atoms with van der Waals surface area (Å²) >= 11 is 0. The number of carbonyl (C=O) groups is 2. The minimum absolute atomic E-state index is 0.0262. The minimum atomic E-state index is -0.211. The van der Waals surface area contributed by atoms with Crippen molar-refractivity contribution in [2.45, 2.75) is 111 Å². The van der Waals surface area contributed by atoms with Gasteiger partial charge in [0.25, 0.3) is 0 Å². The van der Waals surface area contributed by atoms with Gasteiger partial charge in [0.05, 0.1) is 12.7 Å². The summed E-state index contributed by atoms with van der Waals surface area (Å²) in [6.45, 7) is 8.96. The molecule has 0 aromatic carbocycles. The molecule has 0 fully saturated rings. The zero-order valence-corrected chi connectivity index (χ0v) is 17.0. The van der Waals surface area contributed by atoms with Gasteiger partial charge in [0.1, 0.15) is 0 Å². The number of hydrogen-bond donors (Lipinski definition) is 0. The molecule has 0 aromatic heterocycles. The Morgan fingerprint density at radius 3 is 2.08 bits per heavy atom. The van der Waals surface area contributed by atoms with E-state index in [1.165, 1.54) is 32.1 Å². The Hall–Kier alpha value is -1.06. The van der Waals surface area contributed by atoms with Gasteiger partial charge in [0, 0.05) is 12.8 Å². The van der Waals surface area contributed by atoms with Crippen molar-refractivity contribution < 1.29 is 19.1 Å². The highest BCUT2D eigenvalue weighted by Gasteiger charge is 2.11. The van der Waals surface area contributed by atoms with Crippen molar-refractivity contribution in [2.24, 2.45) is 5.92 Å². The SMILES string of the molecule is CCCCCCCCC(C)OC(=O)CCCC(=O)OCCCC(C)C. The van der Waals surface area contributed by atoms with E-state index < -0.39 is 0 Å². The molecule has 148 valence electrons. The Balaban J connectivity index is 3.54. The summed E-state index contributed by atoms with van der Waals surface area (Å²) in [5.41, 5.74) is 0. The smallest absolute Gasteiger partial charge is 0.306 e. The molecule has 0 radical (unpaired) electrons. The maximum Gasteiger partial charge on any atom is 0.306 e. The van der Waals surface area contributed by atoms with Gasteiger partial charge in [-0.05, 0) is 44.9 Å². The molecule has 0 aliphatic rings. The van der Waals surface area contributed by atoms with Crippen molar-refractivity contribution in [1.82, 2.24) is 0 Å². The summed E-state index contributed by atoms with van der Waals surface area (Å²) in [6, 6.07) is 0. The van der Waals surface area contributed by atoms with Gasteiger partial charge in [0.2, 0.25) is 0 Å². The molecule has 0 bridgehead atoms. The van der Waals surface area contributed by atoms with Crippen LogP contribution in [0.5, 0.6) is 0 Å². The molecule has 0 saturated carbocycles. The number of ether oxygens (including phenoxy) is 2. The second-order valence-corrected chi connectivity index (χ2v) is 7.47. The summed E-state index contributed by atoms with van der Waals surface area (Å²) in [5.74, 6) is 0.217. The molecule has 0 spiro atoms. The van der Waals surface area contributed by atoms with E-state index in [-0.39, 0.29) is 18.0 Å². The molecular formula is C21H40O4. The molecule has 0 aromatic rings. The molecule has 0 saturated heterocycles. The Morgan fingerprint density at radius 1 is 0.760 bits per heavy atom. The van der Waals surface area contributed by atoms with E-state index >= 15 is 0 Å². The van der Waals surface area contributed by atoms with Gasteiger partial charge >= 0.3 is 11.9 Å². The van der Waals surface area contributed by atoms with Crippen LogP contribution in [0.3, 0.4) is 0 Å². The van der Waals surface area contributed by atoms with Gasteiger partial charge in [-0.3, -0.25) is 9.59 Å². The van der Waals surface area contributed by atoms with Gasteiger partial charge in [-0.25, -0.2) is 0 Å². The van der Waals surface area contributed by atoms with Crippen LogP contribution in [0.25, 0.3) is 0 Å². The maximum absolute atomic E-state index is 11.8. The lowest BCUT2D eigenvalue weighted by molar-refractivity contribution is -0.149. The third kappa shape index (κ3) is 17.6. The van der Waals surface area contributed by atoms with E-state index in [1.807, 2.05) is 6.92 Å². The van der Waals surface area contributed by atoms with E-state index in [0.29, 0.717) is 31.8 Å². The fraction of sp³-hybridized carbons (Fsp3) is 0.905. The van der Waals surface area contributed by atoms with Crippen LogP contribution in [0.1, 0.15) is 105 Å². The van der Waals surface area contributed by atoms with Crippen molar-refractivity contribution in [1.29, 1.82) is 0 Å². The van der Waals surface area contributed by atoms with Crippen molar-refractivity contribution >= 4 is 11.9 Å². The molecule has 1 unspecified atom stereocenters. The van der Waals surface area contributed by atoms with Crippen molar-refractivity contribution in [2.75, 3.05) is 6.61 Å². The standard InChI is InChI=1S/C21H40O4/c1-5-6-7-8-9-10-14-19(4)25-21(23)16-11-15-20(22)24-17-12-13-18(2)3/h18-19H,5-17H2,1-4H3. The lowest BCUT2D eigenvalue weighted by Crippen LogP contribution is -2.15. The molecule has 0 N–H and O–H groups in total. The van der Waals surface area contributed by atoms with Crippen LogP contribution in [0.15, 0.2) is 0 Å². The molecule has 4 nitrogen and oxygen atoms in total. The summed E-state index contributed by atoms with van der Waals surface area (Å²) in [5, 5.41) is 0. The third-order valence-corrected chi connectivity index (χ3v) is 4.25. The summed E-state index contributed by atoms with van der Waals surface area (Å²) in [4.78, 5) is 23.3. The predicted molar refractivity (Wildman–Crippen MR) is 102 cm³/mol. The van der Waals surface area contributed by atoms with Gasteiger partial charge in [-0.2, -0.15) is 0 Å². The Morgan fingerprint density at radius 2 is 1.40 bits per heavy atom. The van der Waals surface area contributed by atoms with E-state index in [2.05, 4.69) is 20.8 Å². The van der Waals surface area contributed by atoms with Gasteiger partial charge in [0.15, 0.2) is 0 Å². The van der Waals surface area contributed by atoms with Gasteiger partial charge < -0.3 is 9.47 Å². The zero-order chi connectivity index (χ0) is 18.9. The van der Waals surface area contributed by atoms with Crippen LogP contribution in [-0.4, -0.2) is 24.6 Å². The number of esters is 2. The molecular weight excluding hydrogens is 316 g/mol. The predicted octanol–water partition coefficient (Wildman–Crippen LogP) is 5.82. The lowest BCUT2D eigenvalue weighted by atomic mass is 10.1. The number of hydrogen-bond acceptors (Lipinski definition) is 4. The number of rotatable bonds is 16. The highest BCUT2D eigenvalue weighted by molar-refractivity contribution is 5.72. The van der Waals surface area contributed by atoms with Crippen molar-refractivity contribution in [3.8, 4) is 0 Å². The molecule has 0 rings (SSSR count). The Labute approximate surface area is 155 Å².